The molecule has 4 N–H and O–H groups in total. The van der Waals surface area contributed by atoms with Gasteiger partial charge in [0.05, 0.1) is 11.7 Å². The van der Waals surface area contributed by atoms with Gasteiger partial charge in [0.1, 0.15) is 11.5 Å². The quantitative estimate of drug-likeness (QED) is 0.577. The van der Waals surface area contributed by atoms with Gasteiger partial charge in [0.15, 0.2) is 0 Å². The zero-order valence-electron chi connectivity index (χ0n) is 9.68. The van der Waals surface area contributed by atoms with E-state index in [0.29, 0.717) is 19.4 Å². The van der Waals surface area contributed by atoms with Crippen LogP contribution in [-0.4, -0.2) is 33.9 Å². The fraction of sp³-hybridized carbons (Fsp3) is 0.417. The van der Waals surface area contributed by atoms with Crippen molar-refractivity contribution in [3.05, 3.63) is 23.8 Å². The molecule has 1 amide bonds. The van der Waals surface area contributed by atoms with E-state index in [0.717, 1.165) is 6.07 Å². The molecule has 0 spiro atoms. The maximum Gasteiger partial charge on any atom is 0.255 e. The lowest BCUT2D eigenvalue weighted by Gasteiger charge is -2.08. The predicted molar refractivity (Wildman–Crippen MR) is 63.0 cm³/mol. The summed E-state index contributed by atoms with van der Waals surface area (Å²) in [5, 5.41) is 30.2. The average Bonchev–Trinajstić information content (AvgIpc) is 2.23. The molecule has 94 valence electrons. The third-order valence-corrected chi connectivity index (χ3v) is 2.31. The number of aliphatic hydroxyl groups excluding tert-OH is 1. The van der Waals surface area contributed by atoms with E-state index in [4.69, 9.17) is 10.2 Å². The molecule has 0 aliphatic carbocycles. The average molecular weight is 239 g/mol. The topological polar surface area (TPSA) is 89.8 Å². The minimum Gasteiger partial charge on any atom is -0.508 e. The second-order valence-corrected chi connectivity index (χ2v) is 3.95. The van der Waals surface area contributed by atoms with Gasteiger partial charge in [-0.15, -0.1) is 0 Å². The first-order valence-corrected chi connectivity index (χ1v) is 5.49. The second kappa shape index (κ2) is 6.10. The highest BCUT2D eigenvalue weighted by Crippen LogP contribution is 2.22. The van der Waals surface area contributed by atoms with Gasteiger partial charge in [0.2, 0.25) is 0 Å². The monoisotopic (exact) mass is 239 g/mol. The van der Waals surface area contributed by atoms with Crippen molar-refractivity contribution in [2.24, 2.45) is 0 Å². The number of carbonyl (C=O) groups excluding carboxylic acids is 1. The van der Waals surface area contributed by atoms with Gasteiger partial charge in [-0.2, -0.15) is 0 Å². The van der Waals surface area contributed by atoms with Crippen LogP contribution < -0.4 is 5.32 Å². The van der Waals surface area contributed by atoms with E-state index in [2.05, 4.69) is 5.32 Å². The van der Waals surface area contributed by atoms with Crippen LogP contribution in [0.1, 0.15) is 30.1 Å². The van der Waals surface area contributed by atoms with E-state index in [1.165, 1.54) is 12.1 Å². The third kappa shape index (κ3) is 4.32. The van der Waals surface area contributed by atoms with E-state index in [9.17, 15) is 9.90 Å². The number of amides is 1. The van der Waals surface area contributed by atoms with Crippen molar-refractivity contribution in [2.45, 2.75) is 25.9 Å². The summed E-state index contributed by atoms with van der Waals surface area (Å²) >= 11 is 0. The van der Waals surface area contributed by atoms with Crippen LogP contribution in [0.4, 0.5) is 0 Å². The Bertz CT molecular complexity index is 390. The van der Waals surface area contributed by atoms with Crippen molar-refractivity contribution in [2.75, 3.05) is 6.54 Å². The van der Waals surface area contributed by atoms with Crippen LogP contribution in [0.5, 0.6) is 11.5 Å². The minimum atomic E-state index is -0.395. The summed E-state index contributed by atoms with van der Waals surface area (Å²) in [5.74, 6) is -0.737. The van der Waals surface area contributed by atoms with E-state index >= 15 is 0 Å². The van der Waals surface area contributed by atoms with Crippen LogP contribution in [0.3, 0.4) is 0 Å². The number of hydrogen-bond donors (Lipinski definition) is 4. The second-order valence-electron chi connectivity index (χ2n) is 3.95. The molecular weight excluding hydrogens is 222 g/mol. The van der Waals surface area contributed by atoms with Crippen LogP contribution in [0.2, 0.25) is 0 Å². The lowest BCUT2D eigenvalue weighted by Crippen LogP contribution is -2.25. The summed E-state index contributed by atoms with van der Waals surface area (Å²) in [4.78, 5) is 11.6. The Morgan fingerprint density at radius 1 is 1.41 bits per heavy atom. The van der Waals surface area contributed by atoms with Crippen molar-refractivity contribution in [1.82, 2.24) is 5.32 Å². The van der Waals surface area contributed by atoms with Crippen molar-refractivity contribution in [1.29, 1.82) is 0 Å². The maximum absolute atomic E-state index is 11.6. The summed E-state index contributed by atoms with van der Waals surface area (Å²) in [7, 11) is 0. The van der Waals surface area contributed by atoms with E-state index in [1.54, 1.807) is 6.92 Å². The fourth-order valence-corrected chi connectivity index (χ4v) is 1.41. The first-order valence-electron chi connectivity index (χ1n) is 5.49. The summed E-state index contributed by atoms with van der Waals surface area (Å²) < 4.78 is 0. The fourth-order valence-electron chi connectivity index (χ4n) is 1.41. The summed E-state index contributed by atoms with van der Waals surface area (Å²) in [6.45, 7) is 2.12. The van der Waals surface area contributed by atoms with Gasteiger partial charge in [-0.1, -0.05) is 0 Å². The molecule has 0 fully saturated rings. The zero-order chi connectivity index (χ0) is 12.8. The molecule has 0 saturated heterocycles. The number of nitrogens with one attached hydrogen (secondary N) is 1. The molecule has 1 aromatic rings. The van der Waals surface area contributed by atoms with E-state index in [1.807, 2.05) is 0 Å². The van der Waals surface area contributed by atoms with Gasteiger partial charge in [-0.25, -0.2) is 0 Å². The molecule has 0 radical (unpaired) electrons. The highest BCUT2D eigenvalue weighted by atomic mass is 16.3. The lowest BCUT2D eigenvalue weighted by atomic mass is 10.1. The van der Waals surface area contributed by atoms with Gasteiger partial charge < -0.3 is 20.6 Å². The molecule has 5 nitrogen and oxygen atoms in total. The van der Waals surface area contributed by atoms with Crippen molar-refractivity contribution in [3.8, 4) is 11.5 Å². The molecule has 0 bridgehead atoms. The Labute approximate surface area is 99.7 Å². The Morgan fingerprint density at radius 2 is 2.12 bits per heavy atom. The number of aliphatic hydroxyl groups is 1. The van der Waals surface area contributed by atoms with Gasteiger partial charge in [-0.05, 0) is 31.9 Å². The molecule has 0 aliphatic heterocycles. The van der Waals surface area contributed by atoms with Crippen LogP contribution >= 0.6 is 0 Å². The Morgan fingerprint density at radius 3 is 2.71 bits per heavy atom. The van der Waals surface area contributed by atoms with Gasteiger partial charge >= 0.3 is 0 Å². The maximum atomic E-state index is 11.6. The standard InChI is InChI=1S/C12H17NO4/c1-8(14)3-2-6-13-12(17)10-5-4-9(15)7-11(10)16/h4-5,7-8,14-16H,2-3,6H2,1H3,(H,13,17). The third-order valence-electron chi connectivity index (χ3n) is 2.31. The number of benzene rings is 1. The molecule has 1 aromatic carbocycles. The van der Waals surface area contributed by atoms with Crippen LogP contribution in [-0.2, 0) is 0 Å². The van der Waals surface area contributed by atoms with Crippen molar-refractivity contribution >= 4 is 5.91 Å². The SMILES string of the molecule is CC(O)CCCNC(=O)c1ccc(O)cc1O. The lowest BCUT2D eigenvalue weighted by molar-refractivity contribution is 0.0947. The Kier molecular flexibility index (Phi) is 4.78. The summed E-state index contributed by atoms with van der Waals surface area (Å²) in [6, 6.07) is 3.81. The van der Waals surface area contributed by atoms with E-state index in [-0.39, 0.29) is 23.2 Å². The van der Waals surface area contributed by atoms with Gasteiger partial charge in [0.25, 0.3) is 5.91 Å². The first-order chi connectivity index (χ1) is 8.00. The first kappa shape index (κ1) is 13.3. The van der Waals surface area contributed by atoms with Crippen LogP contribution in [0.15, 0.2) is 18.2 Å². The molecule has 1 rings (SSSR count). The predicted octanol–water partition coefficient (Wildman–Crippen LogP) is 0.989. The molecule has 0 heterocycles. The highest BCUT2D eigenvalue weighted by Gasteiger charge is 2.10. The van der Waals surface area contributed by atoms with Gasteiger partial charge in [0, 0.05) is 12.6 Å². The molecule has 5 heteroatoms. The molecule has 0 aromatic heterocycles. The number of phenolic OH excluding ortho intramolecular Hbond substituents is 2. The van der Waals surface area contributed by atoms with Crippen LogP contribution in [0, 0.1) is 0 Å². The Balaban J connectivity index is 2.47. The normalized spacial score (nSPS) is 12.1. The summed E-state index contributed by atoms with van der Waals surface area (Å²) in [5.41, 5.74) is 0.125. The molecular formula is C12H17NO4. The zero-order valence-corrected chi connectivity index (χ0v) is 9.68. The number of phenols is 2. The van der Waals surface area contributed by atoms with Crippen molar-refractivity contribution in [3.63, 3.8) is 0 Å². The van der Waals surface area contributed by atoms with Crippen molar-refractivity contribution < 1.29 is 20.1 Å². The molecule has 17 heavy (non-hydrogen) atoms. The molecule has 1 unspecified atom stereocenters. The largest absolute Gasteiger partial charge is 0.508 e. The smallest absolute Gasteiger partial charge is 0.255 e. The number of carbonyl (C=O) groups is 1. The number of aromatic hydroxyl groups is 2. The molecule has 1 atom stereocenters. The van der Waals surface area contributed by atoms with Gasteiger partial charge in [-0.3, -0.25) is 4.79 Å². The van der Waals surface area contributed by atoms with E-state index < -0.39 is 5.91 Å². The number of hydrogen-bond acceptors (Lipinski definition) is 4. The summed E-state index contributed by atoms with van der Waals surface area (Å²) in [6.07, 6.45) is 0.901. The number of rotatable bonds is 5. The molecule has 0 saturated carbocycles. The highest BCUT2D eigenvalue weighted by molar-refractivity contribution is 5.96. The van der Waals surface area contributed by atoms with Crippen LogP contribution in [0.25, 0.3) is 0 Å². The minimum absolute atomic E-state index is 0.0897. The molecule has 0 aliphatic rings. The Hall–Kier alpha value is -1.75.